The molecule has 0 aliphatic rings. The van der Waals surface area contributed by atoms with Gasteiger partial charge in [-0.25, -0.2) is 4.98 Å². The molecule has 0 aliphatic heterocycles. The minimum Gasteiger partial charge on any atom is -0.480 e. The van der Waals surface area contributed by atoms with Crippen molar-refractivity contribution < 1.29 is 9.90 Å². The van der Waals surface area contributed by atoms with Gasteiger partial charge in [-0.05, 0) is 18.2 Å². The number of hydrogen-bond donors (Lipinski definition) is 3. The number of aliphatic carboxylic acids is 1. The Morgan fingerprint density at radius 2 is 2.43 bits per heavy atom. The highest BCUT2D eigenvalue weighted by atomic mass is 16.4. The first-order chi connectivity index (χ1) is 6.68. The number of carbonyl (C=O) groups is 1. The predicted octanol–water partition coefficient (Wildman–Crippen LogP) is 0.647. The molecular formula is C9H9N3O2. The number of fused-ring (bicyclic) bond motifs is 1. The van der Waals surface area contributed by atoms with Gasteiger partial charge in [-0.3, -0.25) is 4.79 Å². The number of carboxylic acid groups (broad SMARTS) is 1. The quantitative estimate of drug-likeness (QED) is 0.649. The summed E-state index contributed by atoms with van der Waals surface area (Å²) < 4.78 is 0. The zero-order valence-electron chi connectivity index (χ0n) is 7.27. The van der Waals surface area contributed by atoms with Crippen LogP contribution in [0.15, 0.2) is 24.4 Å². The maximum Gasteiger partial charge on any atom is 0.326 e. The third-order valence-corrected chi connectivity index (χ3v) is 2.01. The van der Waals surface area contributed by atoms with Crippen LogP contribution in [-0.2, 0) is 4.79 Å². The van der Waals surface area contributed by atoms with Crippen LogP contribution in [0.25, 0.3) is 11.0 Å². The Morgan fingerprint density at radius 3 is 3.07 bits per heavy atom. The van der Waals surface area contributed by atoms with E-state index >= 15 is 0 Å². The van der Waals surface area contributed by atoms with Crippen LogP contribution in [0.4, 0.5) is 0 Å². The van der Waals surface area contributed by atoms with Gasteiger partial charge in [0.15, 0.2) is 0 Å². The predicted molar refractivity (Wildman–Crippen MR) is 50.7 cm³/mol. The van der Waals surface area contributed by atoms with E-state index in [1.807, 2.05) is 6.07 Å². The van der Waals surface area contributed by atoms with Crippen molar-refractivity contribution >= 4 is 17.0 Å². The first-order valence-electron chi connectivity index (χ1n) is 4.10. The number of H-pyrrole nitrogens is 1. The van der Waals surface area contributed by atoms with Crippen LogP contribution < -0.4 is 5.73 Å². The van der Waals surface area contributed by atoms with Crippen molar-refractivity contribution in [3.8, 4) is 0 Å². The van der Waals surface area contributed by atoms with Crippen LogP contribution >= 0.6 is 0 Å². The molecule has 0 saturated carbocycles. The van der Waals surface area contributed by atoms with Gasteiger partial charge in [-0.15, -0.1) is 0 Å². The largest absolute Gasteiger partial charge is 0.480 e. The molecule has 2 rings (SSSR count). The van der Waals surface area contributed by atoms with Crippen LogP contribution in [0.5, 0.6) is 0 Å². The molecule has 0 bridgehead atoms. The third kappa shape index (κ3) is 1.33. The lowest BCUT2D eigenvalue weighted by Crippen LogP contribution is -2.20. The summed E-state index contributed by atoms with van der Waals surface area (Å²) in [5.74, 6) is -1.06. The third-order valence-electron chi connectivity index (χ3n) is 2.01. The van der Waals surface area contributed by atoms with Gasteiger partial charge >= 0.3 is 5.97 Å². The number of nitrogens with one attached hydrogen (secondary N) is 1. The number of nitrogens with zero attached hydrogens (tertiary/aromatic N) is 1. The molecule has 0 radical (unpaired) electrons. The highest BCUT2D eigenvalue weighted by Crippen LogP contribution is 2.16. The monoisotopic (exact) mass is 191 g/mol. The lowest BCUT2D eigenvalue weighted by atomic mass is 10.2. The highest BCUT2D eigenvalue weighted by Gasteiger charge is 2.16. The zero-order valence-corrected chi connectivity index (χ0v) is 7.27. The number of rotatable bonds is 2. The lowest BCUT2D eigenvalue weighted by Gasteiger charge is -2.01. The van der Waals surface area contributed by atoms with Gasteiger partial charge in [0.05, 0.1) is 0 Å². The van der Waals surface area contributed by atoms with Crippen molar-refractivity contribution in [2.24, 2.45) is 5.73 Å². The molecule has 1 atom stereocenters. The Hall–Kier alpha value is -1.88. The second-order valence-electron chi connectivity index (χ2n) is 2.98. The summed E-state index contributed by atoms with van der Waals surface area (Å²) in [4.78, 5) is 17.5. The van der Waals surface area contributed by atoms with Crippen molar-refractivity contribution in [2.45, 2.75) is 6.04 Å². The molecule has 0 aromatic carbocycles. The van der Waals surface area contributed by atoms with Crippen molar-refractivity contribution in [3.05, 3.63) is 30.1 Å². The summed E-state index contributed by atoms with van der Waals surface area (Å²) in [7, 11) is 0. The van der Waals surface area contributed by atoms with E-state index in [1.54, 1.807) is 18.3 Å². The Balaban J connectivity index is 2.50. The maximum atomic E-state index is 10.6. The van der Waals surface area contributed by atoms with Gasteiger partial charge in [0.2, 0.25) is 0 Å². The summed E-state index contributed by atoms with van der Waals surface area (Å²) >= 11 is 0. The van der Waals surface area contributed by atoms with Crippen LogP contribution in [0.3, 0.4) is 0 Å². The second-order valence-corrected chi connectivity index (χ2v) is 2.98. The van der Waals surface area contributed by atoms with Crippen LogP contribution in [-0.4, -0.2) is 21.0 Å². The van der Waals surface area contributed by atoms with Gasteiger partial charge in [0, 0.05) is 17.3 Å². The number of aromatic amines is 1. The van der Waals surface area contributed by atoms with E-state index in [1.165, 1.54) is 0 Å². The summed E-state index contributed by atoms with van der Waals surface area (Å²) in [5, 5.41) is 9.56. The molecule has 2 aromatic rings. The minimum atomic E-state index is -1.06. The smallest absolute Gasteiger partial charge is 0.326 e. The average Bonchev–Trinajstić information content (AvgIpc) is 2.59. The van der Waals surface area contributed by atoms with E-state index < -0.39 is 12.0 Å². The van der Waals surface area contributed by atoms with Gasteiger partial charge in [-0.1, -0.05) is 0 Å². The SMILES string of the molecule is NC(C(=O)O)c1cc2cccnc2[nH]1. The topological polar surface area (TPSA) is 92.0 Å². The molecule has 72 valence electrons. The minimum absolute atomic E-state index is 0.464. The van der Waals surface area contributed by atoms with E-state index in [4.69, 9.17) is 10.8 Å². The summed E-state index contributed by atoms with van der Waals surface area (Å²) in [6.07, 6.45) is 1.63. The fourth-order valence-electron chi connectivity index (χ4n) is 1.28. The standard InChI is InChI=1S/C9H9N3O2/c10-7(9(13)14)6-4-5-2-1-3-11-8(5)12-6/h1-4,7H,10H2,(H,11,12)(H,13,14). The Bertz CT molecular complexity index is 445. The number of nitrogens with two attached hydrogens (primary N) is 1. The first-order valence-corrected chi connectivity index (χ1v) is 4.10. The summed E-state index contributed by atoms with van der Waals surface area (Å²) in [5.41, 5.74) is 6.56. The molecule has 5 nitrogen and oxygen atoms in total. The molecule has 2 aromatic heterocycles. The Labute approximate surface area is 79.6 Å². The van der Waals surface area contributed by atoms with Crippen LogP contribution in [0.1, 0.15) is 11.7 Å². The fourth-order valence-corrected chi connectivity index (χ4v) is 1.28. The molecule has 5 heteroatoms. The Kier molecular flexibility index (Phi) is 1.94. The molecule has 2 heterocycles. The van der Waals surface area contributed by atoms with E-state index in [0.29, 0.717) is 11.3 Å². The number of aromatic nitrogens is 2. The molecule has 1 unspecified atom stereocenters. The van der Waals surface area contributed by atoms with Crippen molar-refractivity contribution in [1.29, 1.82) is 0 Å². The van der Waals surface area contributed by atoms with Crippen molar-refractivity contribution in [2.75, 3.05) is 0 Å². The molecule has 0 amide bonds. The average molecular weight is 191 g/mol. The summed E-state index contributed by atoms with van der Waals surface area (Å²) in [6, 6.07) is 4.30. The Morgan fingerprint density at radius 1 is 1.64 bits per heavy atom. The molecule has 14 heavy (non-hydrogen) atoms. The fraction of sp³-hybridized carbons (Fsp3) is 0.111. The van der Waals surface area contributed by atoms with Crippen LogP contribution in [0.2, 0.25) is 0 Å². The van der Waals surface area contributed by atoms with Gasteiger partial charge in [0.1, 0.15) is 11.7 Å². The molecule has 0 spiro atoms. The van der Waals surface area contributed by atoms with Crippen molar-refractivity contribution in [3.63, 3.8) is 0 Å². The zero-order chi connectivity index (χ0) is 10.1. The van der Waals surface area contributed by atoms with Gasteiger partial charge in [-0.2, -0.15) is 0 Å². The maximum absolute atomic E-state index is 10.6. The normalized spacial score (nSPS) is 12.9. The van der Waals surface area contributed by atoms with Gasteiger partial charge in [0.25, 0.3) is 0 Å². The first kappa shape index (κ1) is 8.71. The van der Waals surface area contributed by atoms with E-state index in [0.717, 1.165) is 5.39 Å². The number of pyridine rings is 1. The van der Waals surface area contributed by atoms with Crippen molar-refractivity contribution in [1.82, 2.24) is 9.97 Å². The number of hydrogen-bond acceptors (Lipinski definition) is 3. The van der Waals surface area contributed by atoms with Gasteiger partial charge < -0.3 is 15.8 Å². The number of carboxylic acids is 1. The molecular weight excluding hydrogens is 182 g/mol. The van der Waals surface area contributed by atoms with E-state index in [9.17, 15) is 4.79 Å². The molecule has 0 saturated heterocycles. The molecule has 4 N–H and O–H groups in total. The lowest BCUT2D eigenvalue weighted by molar-refractivity contribution is -0.138. The molecule has 0 fully saturated rings. The molecule has 0 aliphatic carbocycles. The second kappa shape index (κ2) is 3.12. The van der Waals surface area contributed by atoms with E-state index in [-0.39, 0.29) is 0 Å². The summed E-state index contributed by atoms with van der Waals surface area (Å²) in [6.45, 7) is 0. The highest BCUT2D eigenvalue weighted by molar-refractivity contribution is 5.81. The van der Waals surface area contributed by atoms with E-state index in [2.05, 4.69) is 9.97 Å². The van der Waals surface area contributed by atoms with Crippen LogP contribution in [0, 0.1) is 0 Å².